The molecule has 4 aromatic rings. The zero-order valence-corrected chi connectivity index (χ0v) is 19.9. The first-order valence-electron chi connectivity index (χ1n) is 10.3. The highest BCUT2D eigenvalue weighted by molar-refractivity contribution is 7.92. The predicted octanol–water partition coefficient (Wildman–Crippen LogP) is 3.88. The van der Waals surface area contributed by atoms with E-state index in [2.05, 4.69) is 15.1 Å². The largest absolute Gasteiger partial charge is 0.326 e. The van der Waals surface area contributed by atoms with Crippen LogP contribution in [0, 0.1) is 6.92 Å². The molecular formula is C24H21ClN4O4S. The van der Waals surface area contributed by atoms with Crippen LogP contribution >= 0.6 is 11.6 Å². The van der Waals surface area contributed by atoms with Crippen molar-refractivity contribution in [2.24, 2.45) is 7.05 Å². The van der Waals surface area contributed by atoms with Gasteiger partial charge in [-0.05, 0) is 42.8 Å². The molecule has 4 rings (SSSR count). The molecule has 34 heavy (non-hydrogen) atoms. The molecule has 10 heteroatoms. The average Bonchev–Trinajstić information content (AvgIpc) is 2.80. The van der Waals surface area contributed by atoms with Crippen molar-refractivity contribution in [1.82, 2.24) is 9.78 Å². The van der Waals surface area contributed by atoms with Crippen LogP contribution in [0.15, 0.2) is 76.4 Å². The first kappa shape index (κ1) is 23.5. The minimum atomic E-state index is -3.96. The highest BCUT2D eigenvalue weighted by Gasteiger charge is 2.20. The molecule has 0 saturated carbocycles. The summed E-state index contributed by atoms with van der Waals surface area (Å²) < 4.78 is 29.7. The van der Waals surface area contributed by atoms with Gasteiger partial charge in [0.2, 0.25) is 5.91 Å². The molecule has 0 spiro atoms. The molecule has 1 heterocycles. The summed E-state index contributed by atoms with van der Waals surface area (Å²) in [7, 11) is -2.43. The third-order valence-electron chi connectivity index (χ3n) is 5.24. The number of amides is 1. The fourth-order valence-corrected chi connectivity index (χ4v) is 5.17. The van der Waals surface area contributed by atoms with Gasteiger partial charge in [0.05, 0.1) is 33.1 Å². The topological polar surface area (TPSA) is 110 Å². The lowest BCUT2D eigenvalue weighted by molar-refractivity contribution is -0.115. The summed E-state index contributed by atoms with van der Waals surface area (Å²) in [5.41, 5.74) is 1.26. The third-order valence-corrected chi connectivity index (χ3v) is 7.08. The smallest absolute Gasteiger partial charge is 0.274 e. The van der Waals surface area contributed by atoms with Crippen molar-refractivity contribution in [1.29, 1.82) is 0 Å². The average molecular weight is 497 g/mol. The summed E-state index contributed by atoms with van der Waals surface area (Å²) in [4.78, 5) is 25.1. The lowest BCUT2D eigenvalue weighted by Crippen LogP contribution is -2.24. The van der Waals surface area contributed by atoms with E-state index in [1.807, 2.05) is 0 Å². The number of carbonyl (C=O) groups excluding carboxylic acids is 1. The van der Waals surface area contributed by atoms with Crippen LogP contribution in [0.25, 0.3) is 10.8 Å². The number of sulfonamides is 1. The molecule has 0 aliphatic rings. The molecule has 0 bridgehead atoms. The number of rotatable bonds is 6. The van der Waals surface area contributed by atoms with Crippen molar-refractivity contribution in [2.75, 3.05) is 10.0 Å². The van der Waals surface area contributed by atoms with Gasteiger partial charge in [-0.25, -0.2) is 13.1 Å². The number of nitrogens with zero attached hydrogens (tertiary/aromatic N) is 2. The maximum Gasteiger partial charge on any atom is 0.274 e. The number of carbonyl (C=O) groups is 1. The van der Waals surface area contributed by atoms with E-state index in [9.17, 15) is 18.0 Å². The monoisotopic (exact) mass is 496 g/mol. The Morgan fingerprint density at radius 2 is 1.71 bits per heavy atom. The summed E-state index contributed by atoms with van der Waals surface area (Å²) >= 11 is 6.09. The number of hydrogen-bond donors (Lipinski definition) is 2. The summed E-state index contributed by atoms with van der Waals surface area (Å²) in [6.45, 7) is 1.66. The standard InChI is InChI=1S/C24H21ClN4O4S/c1-15-11-12-16(13-22(15)34(32,33)28-20-10-6-5-9-19(20)25)26-23(30)14-21-17-7-3-4-8-18(17)24(31)29(2)27-21/h3-13,28H,14H2,1-2H3,(H,26,30). The van der Waals surface area contributed by atoms with E-state index >= 15 is 0 Å². The van der Waals surface area contributed by atoms with Crippen molar-refractivity contribution in [3.63, 3.8) is 0 Å². The van der Waals surface area contributed by atoms with Crippen LogP contribution in [0.1, 0.15) is 11.3 Å². The molecule has 0 saturated heterocycles. The summed E-state index contributed by atoms with van der Waals surface area (Å²) in [5, 5.41) is 8.29. The number of benzene rings is 3. The molecule has 1 amide bonds. The number of hydrogen-bond acceptors (Lipinski definition) is 5. The normalized spacial score (nSPS) is 11.4. The Bertz CT molecular complexity index is 1580. The highest BCUT2D eigenvalue weighted by atomic mass is 35.5. The van der Waals surface area contributed by atoms with Crippen molar-refractivity contribution in [2.45, 2.75) is 18.2 Å². The Labute approximate surface area is 201 Å². The van der Waals surface area contributed by atoms with Gasteiger partial charge in [-0.2, -0.15) is 5.10 Å². The molecule has 0 aliphatic heterocycles. The summed E-state index contributed by atoms with van der Waals surface area (Å²) in [6.07, 6.45) is -0.0948. The van der Waals surface area contributed by atoms with E-state index in [0.29, 0.717) is 27.7 Å². The van der Waals surface area contributed by atoms with Crippen LogP contribution in [0.3, 0.4) is 0 Å². The van der Waals surface area contributed by atoms with Crippen LogP contribution < -0.4 is 15.6 Å². The number of nitrogens with one attached hydrogen (secondary N) is 2. The van der Waals surface area contributed by atoms with Crippen molar-refractivity contribution >= 4 is 49.7 Å². The molecule has 8 nitrogen and oxygen atoms in total. The first-order valence-corrected chi connectivity index (χ1v) is 12.1. The van der Waals surface area contributed by atoms with Gasteiger partial charge in [0.1, 0.15) is 0 Å². The van der Waals surface area contributed by atoms with Crippen molar-refractivity contribution < 1.29 is 13.2 Å². The fraction of sp³-hybridized carbons (Fsp3) is 0.125. The van der Waals surface area contributed by atoms with Crippen LogP contribution in [0.5, 0.6) is 0 Å². The lowest BCUT2D eigenvalue weighted by atomic mass is 10.1. The molecule has 2 N–H and O–H groups in total. The highest BCUT2D eigenvalue weighted by Crippen LogP contribution is 2.27. The number of halogens is 1. The van der Waals surface area contributed by atoms with E-state index in [4.69, 9.17) is 11.6 Å². The Balaban J connectivity index is 1.59. The van der Waals surface area contributed by atoms with Gasteiger partial charge in [-0.1, -0.05) is 48.0 Å². The van der Waals surface area contributed by atoms with Gasteiger partial charge in [0, 0.05) is 18.1 Å². The Morgan fingerprint density at radius 1 is 1.03 bits per heavy atom. The van der Waals surface area contributed by atoms with Crippen LogP contribution in [0.4, 0.5) is 11.4 Å². The fourth-order valence-electron chi connectivity index (χ4n) is 3.57. The Hall–Kier alpha value is -3.69. The van der Waals surface area contributed by atoms with Crippen LogP contribution in [-0.4, -0.2) is 24.1 Å². The SMILES string of the molecule is Cc1ccc(NC(=O)Cc2nn(C)c(=O)c3ccccc23)cc1S(=O)(=O)Nc1ccccc1Cl. The van der Waals surface area contributed by atoms with E-state index in [1.54, 1.807) is 67.6 Å². The van der Waals surface area contributed by atoms with Crippen molar-refractivity contribution in [3.05, 3.63) is 93.4 Å². The van der Waals surface area contributed by atoms with E-state index < -0.39 is 15.9 Å². The van der Waals surface area contributed by atoms with E-state index in [1.165, 1.54) is 17.8 Å². The minimum absolute atomic E-state index is 0.0101. The zero-order chi connectivity index (χ0) is 24.5. The van der Waals surface area contributed by atoms with Gasteiger partial charge in [-0.3, -0.25) is 14.3 Å². The number of anilines is 2. The molecular weight excluding hydrogens is 476 g/mol. The third kappa shape index (κ3) is 4.80. The molecule has 0 unspecified atom stereocenters. The minimum Gasteiger partial charge on any atom is -0.326 e. The van der Waals surface area contributed by atoms with Crippen LogP contribution in [0.2, 0.25) is 5.02 Å². The molecule has 0 atom stereocenters. The summed E-state index contributed by atoms with van der Waals surface area (Å²) in [6, 6.07) is 18.1. The van der Waals surface area contributed by atoms with Gasteiger partial charge in [0.15, 0.2) is 0 Å². The maximum atomic E-state index is 13.0. The Morgan fingerprint density at radius 3 is 2.44 bits per heavy atom. The van der Waals surface area contributed by atoms with Gasteiger partial charge < -0.3 is 5.32 Å². The molecule has 0 aliphatic carbocycles. The maximum absolute atomic E-state index is 13.0. The van der Waals surface area contributed by atoms with E-state index in [0.717, 1.165) is 0 Å². The number of fused-ring (bicyclic) bond motifs is 1. The van der Waals surface area contributed by atoms with Gasteiger partial charge in [0.25, 0.3) is 15.6 Å². The first-order chi connectivity index (χ1) is 16.2. The number of aromatic nitrogens is 2. The molecule has 0 fully saturated rings. The van der Waals surface area contributed by atoms with Crippen molar-refractivity contribution in [3.8, 4) is 0 Å². The molecule has 174 valence electrons. The molecule has 1 aromatic heterocycles. The van der Waals surface area contributed by atoms with Gasteiger partial charge in [-0.15, -0.1) is 0 Å². The summed E-state index contributed by atoms with van der Waals surface area (Å²) in [5.74, 6) is -0.400. The number of para-hydroxylation sites is 1. The second kappa shape index (κ2) is 9.28. The predicted molar refractivity (Wildman–Crippen MR) is 133 cm³/mol. The van der Waals surface area contributed by atoms with E-state index in [-0.39, 0.29) is 27.6 Å². The quantitative estimate of drug-likeness (QED) is 0.421. The number of aryl methyl sites for hydroxylation is 2. The Kier molecular flexibility index (Phi) is 6.41. The zero-order valence-electron chi connectivity index (χ0n) is 18.4. The van der Waals surface area contributed by atoms with Gasteiger partial charge >= 0.3 is 0 Å². The molecule has 0 radical (unpaired) electrons. The molecule has 3 aromatic carbocycles. The second-order valence-electron chi connectivity index (χ2n) is 7.71. The van der Waals surface area contributed by atoms with Crippen LogP contribution in [-0.2, 0) is 28.3 Å². The lowest BCUT2D eigenvalue weighted by Gasteiger charge is -2.14. The second-order valence-corrected chi connectivity index (χ2v) is 9.77.